The molecule has 226 valence electrons. The molecule has 2 aliphatic rings. The van der Waals surface area contributed by atoms with Gasteiger partial charge >= 0.3 is 0 Å². The number of aromatic nitrogens is 3. The van der Waals surface area contributed by atoms with Gasteiger partial charge in [0.2, 0.25) is 0 Å². The highest BCUT2D eigenvalue weighted by molar-refractivity contribution is 6.17. The van der Waals surface area contributed by atoms with Crippen molar-refractivity contribution in [1.29, 1.82) is 0 Å². The molecule has 0 N–H and O–H groups in total. The molecule has 1 aromatic heterocycles. The fourth-order valence-electron chi connectivity index (χ4n) is 8.61. The van der Waals surface area contributed by atoms with Crippen molar-refractivity contribution in [3.63, 3.8) is 0 Å². The van der Waals surface area contributed by atoms with Gasteiger partial charge in [-0.3, -0.25) is 0 Å². The summed E-state index contributed by atoms with van der Waals surface area (Å²) in [7, 11) is 0. The van der Waals surface area contributed by atoms with Gasteiger partial charge in [-0.1, -0.05) is 152 Å². The second-order valence-electron chi connectivity index (χ2n) is 13.2. The Hall–Kier alpha value is -6.45. The van der Waals surface area contributed by atoms with Crippen LogP contribution in [0.4, 0.5) is 0 Å². The molecular weight excluding hydrogens is 595 g/mol. The molecular formula is C46H27N3. The lowest BCUT2D eigenvalue weighted by Crippen LogP contribution is -2.26. The lowest BCUT2D eigenvalue weighted by atomic mass is 9.70. The van der Waals surface area contributed by atoms with Gasteiger partial charge in [0.15, 0.2) is 17.5 Å². The molecule has 0 saturated heterocycles. The maximum atomic E-state index is 5.15. The Morgan fingerprint density at radius 3 is 1.55 bits per heavy atom. The standard InChI is InChI=1S/C46H27N3/c1-2-11-31(12-3-1)43-47-44(33-23-20-28-10-4-5-13-32(28)26-33)49-45(48-43)34-24-25-38-36(27-34)35-16-6-7-17-37(35)46(38)39-18-8-14-29-21-22-30-15-9-19-40(46)42(30)41(29)39/h1-27H. The first-order chi connectivity index (χ1) is 24.3. The van der Waals surface area contributed by atoms with Crippen LogP contribution >= 0.6 is 0 Å². The minimum Gasteiger partial charge on any atom is -0.208 e. The van der Waals surface area contributed by atoms with Gasteiger partial charge in [-0.15, -0.1) is 0 Å². The van der Waals surface area contributed by atoms with Crippen molar-refractivity contribution in [2.45, 2.75) is 5.41 Å². The number of hydrogen-bond donors (Lipinski definition) is 0. The Balaban J connectivity index is 1.16. The highest BCUT2D eigenvalue weighted by Crippen LogP contribution is 2.62. The maximum absolute atomic E-state index is 5.15. The average molecular weight is 622 g/mol. The monoisotopic (exact) mass is 621 g/mol. The fourth-order valence-corrected chi connectivity index (χ4v) is 8.61. The molecule has 49 heavy (non-hydrogen) atoms. The summed E-state index contributed by atoms with van der Waals surface area (Å²) in [5.74, 6) is 1.99. The Kier molecular flexibility index (Phi) is 5.31. The van der Waals surface area contributed by atoms with Crippen LogP contribution in [0.2, 0.25) is 0 Å². The third kappa shape index (κ3) is 3.59. The zero-order valence-corrected chi connectivity index (χ0v) is 26.4. The van der Waals surface area contributed by atoms with Crippen LogP contribution in [-0.4, -0.2) is 15.0 Å². The highest BCUT2D eigenvalue weighted by Gasteiger charge is 2.50. The number of fused-ring (bicyclic) bond motifs is 8. The molecule has 11 rings (SSSR count). The van der Waals surface area contributed by atoms with Gasteiger partial charge in [0, 0.05) is 16.7 Å². The minimum absolute atomic E-state index is 0.391. The van der Waals surface area contributed by atoms with Gasteiger partial charge in [0.05, 0.1) is 5.41 Å². The van der Waals surface area contributed by atoms with Gasteiger partial charge in [-0.2, -0.15) is 0 Å². The first kappa shape index (κ1) is 26.6. The molecule has 0 aliphatic heterocycles. The molecule has 0 amide bonds. The molecule has 1 spiro atoms. The summed E-state index contributed by atoms with van der Waals surface area (Å²) in [5, 5.41) is 7.66. The van der Waals surface area contributed by atoms with E-state index in [0.29, 0.717) is 17.5 Å². The van der Waals surface area contributed by atoms with Crippen LogP contribution in [0.25, 0.3) is 77.6 Å². The van der Waals surface area contributed by atoms with Crippen molar-refractivity contribution in [2.24, 2.45) is 0 Å². The summed E-state index contributed by atoms with van der Waals surface area (Å²) in [6.07, 6.45) is 0. The van der Waals surface area contributed by atoms with E-state index in [1.807, 2.05) is 18.2 Å². The molecule has 3 nitrogen and oxygen atoms in total. The first-order valence-electron chi connectivity index (χ1n) is 16.8. The van der Waals surface area contributed by atoms with E-state index in [2.05, 4.69) is 146 Å². The van der Waals surface area contributed by atoms with Gasteiger partial charge in [0.1, 0.15) is 0 Å². The predicted octanol–water partition coefficient (Wildman–Crippen LogP) is 11.0. The molecule has 1 heterocycles. The van der Waals surface area contributed by atoms with Crippen LogP contribution in [0, 0.1) is 0 Å². The molecule has 9 aromatic rings. The van der Waals surface area contributed by atoms with Gasteiger partial charge in [-0.05, 0) is 77.8 Å². The zero-order valence-electron chi connectivity index (χ0n) is 26.4. The number of benzene rings is 8. The molecule has 0 unspecified atom stereocenters. The Labute approximate surface area is 283 Å². The third-order valence-electron chi connectivity index (χ3n) is 10.7. The second-order valence-corrected chi connectivity index (χ2v) is 13.2. The van der Waals surface area contributed by atoms with Crippen LogP contribution in [-0.2, 0) is 5.41 Å². The van der Waals surface area contributed by atoms with Crippen LogP contribution in [0.15, 0.2) is 164 Å². The third-order valence-corrected chi connectivity index (χ3v) is 10.7. The number of nitrogens with zero attached hydrogens (tertiary/aromatic N) is 3. The second kappa shape index (κ2) is 9.79. The summed E-state index contributed by atoms with van der Waals surface area (Å²) < 4.78 is 0. The smallest absolute Gasteiger partial charge is 0.164 e. The van der Waals surface area contributed by atoms with Crippen LogP contribution in [0.1, 0.15) is 22.3 Å². The summed E-state index contributed by atoms with van der Waals surface area (Å²) in [6.45, 7) is 0. The number of hydrogen-bond acceptors (Lipinski definition) is 3. The van der Waals surface area contributed by atoms with Gasteiger partial charge in [-0.25, -0.2) is 15.0 Å². The SMILES string of the molecule is c1ccc(-c2nc(-c3ccc4c(c3)-c3ccccc3C43c4cccc5ccc6cccc3c6c45)nc(-c3ccc4ccccc4c3)n2)cc1. The van der Waals surface area contributed by atoms with Crippen molar-refractivity contribution >= 4 is 32.3 Å². The Morgan fingerprint density at radius 1 is 0.306 bits per heavy atom. The summed E-state index contributed by atoms with van der Waals surface area (Å²) in [6, 6.07) is 59.0. The van der Waals surface area contributed by atoms with E-state index in [9.17, 15) is 0 Å². The van der Waals surface area contributed by atoms with E-state index >= 15 is 0 Å². The van der Waals surface area contributed by atoms with Crippen molar-refractivity contribution in [2.75, 3.05) is 0 Å². The van der Waals surface area contributed by atoms with Crippen molar-refractivity contribution in [1.82, 2.24) is 15.0 Å². The first-order valence-corrected chi connectivity index (χ1v) is 16.8. The van der Waals surface area contributed by atoms with Crippen molar-refractivity contribution in [3.05, 3.63) is 186 Å². The molecule has 0 bridgehead atoms. The molecule has 0 saturated carbocycles. The average Bonchev–Trinajstić information content (AvgIpc) is 3.65. The number of rotatable bonds is 3. The van der Waals surface area contributed by atoms with E-state index in [-0.39, 0.29) is 0 Å². The molecule has 0 fully saturated rings. The molecule has 0 radical (unpaired) electrons. The molecule has 2 aliphatic carbocycles. The molecule has 0 atom stereocenters. The molecule has 3 heteroatoms. The van der Waals surface area contributed by atoms with Gasteiger partial charge in [0.25, 0.3) is 0 Å². The van der Waals surface area contributed by atoms with Crippen LogP contribution in [0.5, 0.6) is 0 Å². The van der Waals surface area contributed by atoms with E-state index in [4.69, 9.17) is 15.0 Å². The quantitative estimate of drug-likeness (QED) is 0.184. The molecule has 8 aromatic carbocycles. The van der Waals surface area contributed by atoms with E-state index < -0.39 is 5.41 Å². The summed E-state index contributed by atoms with van der Waals surface area (Å²) >= 11 is 0. The Bertz CT molecular complexity index is 2770. The van der Waals surface area contributed by atoms with Crippen molar-refractivity contribution < 1.29 is 0 Å². The van der Waals surface area contributed by atoms with Gasteiger partial charge < -0.3 is 0 Å². The van der Waals surface area contributed by atoms with Crippen molar-refractivity contribution in [3.8, 4) is 45.3 Å². The lowest BCUT2D eigenvalue weighted by molar-refractivity contribution is 0.797. The minimum atomic E-state index is -0.391. The normalized spacial score (nSPS) is 13.5. The van der Waals surface area contributed by atoms with E-state index in [1.165, 1.54) is 60.3 Å². The topological polar surface area (TPSA) is 38.7 Å². The Morgan fingerprint density at radius 2 is 0.816 bits per heavy atom. The largest absolute Gasteiger partial charge is 0.208 e. The van der Waals surface area contributed by atoms with E-state index in [0.717, 1.165) is 22.1 Å². The lowest BCUT2D eigenvalue weighted by Gasteiger charge is -2.30. The summed E-state index contributed by atoms with van der Waals surface area (Å²) in [5.41, 5.74) is 10.4. The highest BCUT2D eigenvalue weighted by atomic mass is 15.0. The van der Waals surface area contributed by atoms with Crippen LogP contribution in [0.3, 0.4) is 0 Å². The fraction of sp³-hybridized carbons (Fsp3) is 0.0217. The predicted molar refractivity (Wildman–Crippen MR) is 200 cm³/mol. The zero-order chi connectivity index (χ0) is 32.1. The summed E-state index contributed by atoms with van der Waals surface area (Å²) in [4.78, 5) is 15.3. The van der Waals surface area contributed by atoms with E-state index in [1.54, 1.807) is 0 Å². The maximum Gasteiger partial charge on any atom is 0.164 e. The van der Waals surface area contributed by atoms with Crippen LogP contribution < -0.4 is 0 Å².